The number of carbonyl (C=O) groups excluding carboxylic acids is 4. The number of carbonyl (C=O) groups is 4. The number of aliphatic hydroxyl groups is 1. The number of methoxy groups -OCH3 is 1. The van der Waals surface area contributed by atoms with Crippen molar-refractivity contribution in [2.45, 2.75) is 200 Å². The molecule has 3 saturated heterocycles. The van der Waals surface area contributed by atoms with Gasteiger partial charge in [0.25, 0.3) is 0 Å². The monoisotopic (exact) mass is 925 g/mol. The maximum absolute atomic E-state index is 14.8. The number of nitrogens with zero attached hydrogens (tertiary/aromatic N) is 2. The van der Waals surface area contributed by atoms with Crippen LogP contribution in [0.4, 0.5) is 0 Å². The molecule has 3 aliphatic heterocycles. The fraction of sp³-hybridized carbons (Fsp3) is 0.854. The van der Waals surface area contributed by atoms with Crippen LogP contribution in [-0.2, 0) is 66.6 Å². The second-order valence-electron chi connectivity index (χ2n) is 20.2. The molecule has 4 rings (SSSR count). The first-order valence-corrected chi connectivity index (χ1v) is 23.3. The molecule has 2 bridgehead atoms. The third kappa shape index (κ3) is 12.9. The topological polar surface area (TPSA) is 196 Å². The Balaban J connectivity index is 2.03. The van der Waals surface area contributed by atoms with Crippen LogP contribution in [0.2, 0.25) is 0 Å². The maximum Gasteiger partial charge on any atom is 0.331 e. The van der Waals surface area contributed by atoms with E-state index in [0.717, 1.165) is 0 Å². The zero-order chi connectivity index (χ0) is 48.9. The summed E-state index contributed by atoms with van der Waals surface area (Å²) in [6, 6.07) is -0.292. The van der Waals surface area contributed by atoms with E-state index in [1.165, 1.54) is 20.8 Å². The molecule has 0 spiro atoms. The molecule has 17 heteroatoms. The minimum atomic E-state index is -1.80. The standard InChI is InChI=1S/C48H80N2O15/c1-18-37-48(14,55)43-29(6)38(49-65-34(11)53)27(4)21-47(13,58-24-25(2)23-57-43)42(64-45-40(60-32(9)51)36(50(15)16)20-28(5)59-45)30(7)39(31(8)44(54)63-37)62-35-19-26(3)41(61-33(10)52)46(12,22-35)56-17/h26-31,35-37,39-43,45,55H,2,18-24H2,1,3-17H3/b49-38+/t26-,27-,28-,29+,30+,31-,35-,36+,37-,39+,40-,41+,42-,43-,45+,46-,47-,48-/m1/s1. The lowest BCUT2D eigenvalue weighted by Crippen LogP contribution is -2.62. The van der Waals surface area contributed by atoms with Gasteiger partial charge in [-0.15, -0.1) is 0 Å². The van der Waals surface area contributed by atoms with Gasteiger partial charge in [-0.05, 0) is 85.9 Å². The van der Waals surface area contributed by atoms with Crippen molar-refractivity contribution < 1.29 is 71.8 Å². The summed E-state index contributed by atoms with van der Waals surface area (Å²) in [6.45, 7) is 26.7. The number of oxime groups is 1. The van der Waals surface area contributed by atoms with Crippen LogP contribution in [0, 0.1) is 29.6 Å². The molecule has 4 fully saturated rings. The first-order valence-electron chi connectivity index (χ1n) is 23.3. The first-order chi connectivity index (χ1) is 30.2. The Morgan fingerprint density at radius 3 is 2.09 bits per heavy atom. The number of rotatable bonds is 10. The predicted molar refractivity (Wildman–Crippen MR) is 239 cm³/mol. The molecular formula is C48H80N2O15. The lowest BCUT2D eigenvalue weighted by molar-refractivity contribution is -0.307. The van der Waals surface area contributed by atoms with Gasteiger partial charge in [-0.25, -0.2) is 4.79 Å². The summed E-state index contributed by atoms with van der Waals surface area (Å²) in [4.78, 5) is 59.6. The lowest BCUT2D eigenvalue weighted by Gasteiger charge is -2.50. The molecule has 17 nitrogen and oxygen atoms in total. The van der Waals surface area contributed by atoms with E-state index in [0.29, 0.717) is 30.5 Å². The van der Waals surface area contributed by atoms with Crippen molar-refractivity contribution in [3.05, 3.63) is 12.2 Å². The molecule has 0 radical (unpaired) electrons. The van der Waals surface area contributed by atoms with Gasteiger partial charge in [0.1, 0.15) is 23.4 Å². The number of hydrogen-bond acceptors (Lipinski definition) is 17. The highest BCUT2D eigenvalue weighted by molar-refractivity contribution is 5.89. The van der Waals surface area contributed by atoms with Crippen LogP contribution >= 0.6 is 0 Å². The lowest BCUT2D eigenvalue weighted by atomic mass is 9.73. The summed E-state index contributed by atoms with van der Waals surface area (Å²) in [5, 5.41) is 17.0. The summed E-state index contributed by atoms with van der Waals surface area (Å²) in [6.07, 6.45) is -5.72. The quantitative estimate of drug-likeness (QED) is 0.0940. The van der Waals surface area contributed by atoms with Gasteiger partial charge < -0.3 is 57.5 Å². The Kier molecular flexibility index (Phi) is 18.8. The van der Waals surface area contributed by atoms with E-state index in [2.05, 4.69) is 11.7 Å². The van der Waals surface area contributed by atoms with E-state index in [-0.39, 0.29) is 44.1 Å². The minimum absolute atomic E-state index is 0.00265. The predicted octanol–water partition coefficient (Wildman–Crippen LogP) is 5.56. The zero-order valence-corrected chi connectivity index (χ0v) is 41.9. The highest BCUT2D eigenvalue weighted by Gasteiger charge is 2.55. The van der Waals surface area contributed by atoms with Gasteiger partial charge in [-0.3, -0.25) is 14.4 Å². The van der Waals surface area contributed by atoms with Crippen LogP contribution in [0.5, 0.6) is 0 Å². The van der Waals surface area contributed by atoms with Gasteiger partial charge in [0.15, 0.2) is 12.4 Å². The molecule has 0 aromatic rings. The molecule has 4 aliphatic rings. The van der Waals surface area contributed by atoms with Gasteiger partial charge in [0.05, 0.1) is 67.0 Å². The molecule has 65 heavy (non-hydrogen) atoms. The normalized spacial score (nSPS) is 43.1. The van der Waals surface area contributed by atoms with Gasteiger partial charge >= 0.3 is 23.9 Å². The van der Waals surface area contributed by atoms with E-state index < -0.39 is 113 Å². The number of cyclic esters (lactones) is 1. The summed E-state index contributed by atoms with van der Waals surface area (Å²) < 4.78 is 59.0. The first kappa shape index (κ1) is 54.6. The van der Waals surface area contributed by atoms with E-state index in [1.54, 1.807) is 21.0 Å². The molecule has 0 aromatic heterocycles. The highest BCUT2D eigenvalue weighted by atomic mass is 16.7. The second kappa shape index (κ2) is 22.4. The van der Waals surface area contributed by atoms with Gasteiger partial charge in [-0.1, -0.05) is 46.4 Å². The van der Waals surface area contributed by atoms with Gasteiger partial charge in [0.2, 0.25) is 0 Å². The van der Waals surface area contributed by atoms with Crippen LogP contribution in [-0.4, -0.2) is 152 Å². The minimum Gasteiger partial charge on any atom is -0.459 e. The van der Waals surface area contributed by atoms with Gasteiger partial charge in [-0.2, -0.15) is 0 Å². The van der Waals surface area contributed by atoms with Crippen LogP contribution in [0.1, 0.15) is 122 Å². The van der Waals surface area contributed by atoms with E-state index in [9.17, 15) is 24.3 Å². The fourth-order valence-electron chi connectivity index (χ4n) is 10.9. The van der Waals surface area contributed by atoms with E-state index in [1.807, 2.05) is 74.4 Å². The van der Waals surface area contributed by atoms with Gasteiger partial charge in [0, 0.05) is 52.1 Å². The molecule has 372 valence electrons. The number of hydrogen-bond donors (Lipinski definition) is 1. The molecule has 18 atom stereocenters. The van der Waals surface area contributed by atoms with Crippen LogP contribution in [0.15, 0.2) is 17.3 Å². The Bertz CT molecular complexity index is 1710. The van der Waals surface area contributed by atoms with Crippen molar-refractivity contribution in [3.63, 3.8) is 0 Å². The molecule has 0 unspecified atom stereocenters. The molecule has 3 heterocycles. The van der Waals surface area contributed by atoms with Crippen molar-refractivity contribution in [2.24, 2.45) is 34.7 Å². The van der Waals surface area contributed by atoms with Crippen LogP contribution < -0.4 is 0 Å². The second-order valence-corrected chi connectivity index (χ2v) is 20.2. The zero-order valence-electron chi connectivity index (χ0n) is 41.9. The van der Waals surface area contributed by atoms with Crippen molar-refractivity contribution in [1.29, 1.82) is 0 Å². The molecule has 0 aromatic carbocycles. The summed E-state index contributed by atoms with van der Waals surface area (Å²) in [7, 11) is 5.39. The largest absolute Gasteiger partial charge is 0.459 e. The third-order valence-electron chi connectivity index (χ3n) is 14.1. The number of ether oxygens (including phenoxy) is 9. The molecule has 1 aliphatic carbocycles. The average molecular weight is 925 g/mol. The average Bonchev–Trinajstić information content (AvgIpc) is 3.22. The van der Waals surface area contributed by atoms with Crippen molar-refractivity contribution in [3.8, 4) is 0 Å². The molecule has 0 amide bonds. The molecular weight excluding hydrogens is 845 g/mol. The molecule has 1 saturated carbocycles. The van der Waals surface area contributed by atoms with Crippen LogP contribution in [0.25, 0.3) is 0 Å². The van der Waals surface area contributed by atoms with Crippen LogP contribution in [0.3, 0.4) is 0 Å². The van der Waals surface area contributed by atoms with Crippen molar-refractivity contribution in [2.75, 3.05) is 34.4 Å². The van der Waals surface area contributed by atoms with E-state index in [4.69, 9.17) is 47.5 Å². The Hall–Kier alpha value is -3.03. The third-order valence-corrected chi connectivity index (χ3v) is 14.1. The fourth-order valence-corrected chi connectivity index (χ4v) is 10.9. The SMILES string of the molecule is C=C1CO[C@@H]2[C@@H](C)/C(=N/OC(C)=O)[C@H](C)C[C@@](C)(OC1)[C@H](O[C@@H]1O[C@H](C)C[C@H](N(C)C)[C@H]1OC(C)=O)[C@@H](C)[C@H](O[C@@H]1C[C@@H](C)[C@H](OC(C)=O)[C@](C)(OC)C1)[C@@H](C)C(=O)O[C@H](CC)[C@@]2(C)O. The Labute approximate surface area is 386 Å². The number of fused-ring (bicyclic) bond motifs is 5. The van der Waals surface area contributed by atoms with Crippen molar-refractivity contribution in [1.82, 2.24) is 4.90 Å². The van der Waals surface area contributed by atoms with E-state index >= 15 is 0 Å². The molecule has 1 N–H and O–H groups in total. The number of likely N-dealkylation sites (N-methyl/N-ethyl adjacent to an activating group) is 1. The highest BCUT2D eigenvalue weighted by Crippen LogP contribution is 2.45. The Morgan fingerprint density at radius 1 is 0.877 bits per heavy atom. The summed E-state index contributed by atoms with van der Waals surface area (Å²) in [5.74, 6) is -5.33. The van der Waals surface area contributed by atoms with Crippen molar-refractivity contribution >= 4 is 29.6 Å². The maximum atomic E-state index is 14.8. The summed E-state index contributed by atoms with van der Waals surface area (Å²) in [5.41, 5.74) is -3.10. The summed E-state index contributed by atoms with van der Waals surface area (Å²) >= 11 is 0. The number of esters is 3. The Morgan fingerprint density at radius 2 is 1.52 bits per heavy atom. The smallest absolute Gasteiger partial charge is 0.331 e.